The number of ether oxygens (including phenoxy) is 1. The monoisotopic (exact) mass is 268 g/mol. The van der Waals surface area contributed by atoms with Crippen molar-refractivity contribution in [1.82, 2.24) is 0 Å². The topological polar surface area (TPSA) is 71.1 Å². The van der Waals surface area contributed by atoms with Crippen LogP contribution in [0.2, 0.25) is 0 Å². The van der Waals surface area contributed by atoms with Crippen LogP contribution in [0.15, 0.2) is 18.2 Å². The minimum Gasteiger partial charge on any atom is -0.432 e. The Morgan fingerprint density at radius 2 is 1.89 bits per heavy atom. The van der Waals surface area contributed by atoms with E-state index < -0.39 is 12.1 Å². The van der Waals surface area contributed by atoms with E-state index in [-0.39, 0.29) is 6.61 Å². The Labute approximate surface area is 111 Å². The van der Waals surface area contributed by atoms with Gasteiger partial charge in [-0.25, -0.2) is 14.5 Å². The van der Waals surface area contributed by atoms with E-state index in [4.69, 9.17) is 0 Å². The molecule has 0 unspecified atom stereocenters. The zero-order chi connectivity index (χ0) is 14.3. The maximum Gasteiger partial charge on any atom is 0.543 e. The summed E-state index contributed by atoms with van der Waals surface area (Å²) in [6.45, 7) is 5.63. The molecule has 1 aromatic rings. The van der Waals surface area contributed by atoms with Crippen LogP contribution in [-0.2, 0) is 19.6 Å². The van der Waals surface area contributed by atoms with Crippen LogP contribution >= 0.6 is 0 Å². The van der Waals surface area contributed by atoms with Crippen molar-refractivity contribution in [3.05, 3.63) is 34.9 Å². The van der Waals surface area contributed by atoms with Gasteiger partial charge in [0.05, 0.1) is 17.2 Å². The van der Waals surface area contributed by atoms with Gasteiger partial charge in [0.2, 0.25) is 0 Å². The van der Waals surface area contributed by atoms with E-state index in [9.17, 15) is 9.59 Å². The highest BCUT2D eigenvalue weighted by molar-refractivity contribution is 5.90. The van der Waals surface area contributed by atoms with Crippen molar-refractivity contribution in [3.8, 4) is 0 Å². The summed E-state index contributed by atoms with van der Waals surface area (Å²) >= 11 is 0. The van der Waals surface area contributed by atoms with E-state index in [0.29, 0.717) is 12.0 Å². The number of carbonyl (C=O) groups excluding carboxylic acids is 2. The predicted molar refractivity (Wildman–Crippen MR) is 65.1 cm³/mol. The molecular formula is C13H16O6. The SMILES string of the molecule is CCCOC(=O)OOOC(=O)c1cc(C)ccc1C. The van der Waals surface area contributed by atoms with E-state index in [1.807, 2.05) is 19.9 Å². The molecule has 0 bridgehead atoms. The number of hydrogen-bond donors (Lipinski definition) is 0. The molecule has 0 spiro atoms. The molecule has 0 N–H and O–H groups in total. The van der Waals surface area contributed by atoms with E-state index in [1.165, 1.54) is 0 Å². The minimum absolute atomic E-state index is 0.202. The Morgan fingerprint density at radius 1 is 1.16 bits per heavy atom. The summed E-state index contributed by atoms with van der Waals surface area (Å²) in [7, 11) is 0. The first-order valence-electron chi connectivity index (χ1n) is 5.84. The Hall–Kier alpha value is -2.08. The summed E-state index contributed by atoms with van der Waals surface area (Å²) in [5, 5.41) is 4.08. The Morgan fingerprint density at radius 3 is 2.58 bits per heavy atom. The lowest BCUT2D eigenvalue weighted by Crippen LogP contribution is -2.13. The van der Waals surface area contributed by atoms with E-state index in [0.717, 1.165) is 11.1 Å². The minimum atomic E-state index is -1.06. The fourth-order valence-corrected chi connectivity index (χ4v) is 1.29. The molecule has 0 aromatic heterocycles. The lowest BCUT2D eigenvalue weighted by molar-refractivity contribution is -0.452. The molecule has 104 valence electrons. The second kappa shape index (κ2) is 7.38. The van der Waals surface area contributed by atoms with Crippen LogP contribution in [0.5, 0.6) is 0 Å². The van der Waals surface area contributed by atoms with Crippen LogP contribution in [0.1, 0.15) is 34.8 Å². The molecule has 0 radical (unpaired) electrons. The largest absolute Gasteiger partial charge is 0.543 e. The first-order chi connectivity index (χ1) is 9.04. The summed E-state index contributed by atoms with van der Waals surface area (Å²) in [6, 6.07) is 5.30. The van der Waals surface area contributed by atoms with Gasteiger partial charge in [-0.3, -0.25) is 4.89 Å². The third-order valence-corrected chi connectivity index (χ3v) is 2.25. The molecule has 6 nitrogen and oxygen atoms in total. The lowest BCUT2D eigenvalue weighted by Gasteiger charge is -2.05. The first-order valence-corrected chi connectivity index (χ1v) is 5.84. The molecule has 0 saturated carbocycles. The van der Waals surface area contributed by atoms with Gasteiger partial charge in [0.1, 0.15) is 0 Å². The van der Waals surface area contributed by atoms with Gasteiger partial charge in [-0.05, 0) is 31.9 Å². The van der Waals surface area contributed by atoms with Crippen molar-refractivity contribution in [1.29, 1.82) is 0 Å². The Balaban J connectivity index is 2.43. The van der Waals surface area contributed by atoms with Gasteiger partial charge >= 0.3 is 12.1 Å². The summed E-state index contributed by atoms with van der Waals surface area (Å²) in [6.07, 6.45) is -0.409. The summed E-state index contributed by atoms with van der Waals surface area (Å²) in [5.74, 6) is -0.746. The molecule has 0 aliphatic carbocycles. The second-order valence-electron chi connectivity index (χ2n) is 3.94. The van der Waals surface area contributed by atoms with Crippen molar-refractivity contribution in [3.63, 3.8) is 0 Å². The Kier molecular flexibility index (Phi) is 5.81. The quantitative estimate of drug-likeness (QED) is 0.464. The van der Waals surface area contributed by atoms with Crippen LogP contribution in [-0.4, -0.2) is 18.7 Å². The van der Waals surface area contributed by atoms with Gasteiger partial charge in [0.25, 0.3) is 0 Å². The average Bonchev–Trinajstić information content (AvgIpc) is 2.39. The van der Waals surface area contributed by atoms with Crippen molar-refractivity contribution in [2.45, 2.75) is 27.2 Å². The molecule has 0 heterocycles. The van der Waals surface area contributed by atoms with Gasteiger partial charge < -0.3 is 4.74 Å². The van der Waals surface area contributed by atoms with Gasteiger partial charge in [-0.1, -0.05) is 24.6 Å². The molecule has 0 aliphatic heterocycles. The molecule has 0 fully saturated rings. The van der Waals surface area contributed by atoms with Crippen LogP contribution in [0.3, 0.4) is 0 Å². The van der Waals surface area contributed by atoms with Crippen LogP contribution < -0.4 is 0 Å². The molecule has 0 amide bonds. The van der Waals surface area contributed by atoms with Crippen LogP contribution in [0.25, 0.3) is 0 Å². The van der Waals surface area contributed by atoms with E-state index in [1.54, 1.807) is 19.1 Å². The smallest absolute Gasteiger partial charge is 0.432 e. The molecule has 19 heavy (non-hydrogen) atoms. The maximum atomic E-state index is 11.6. The van der Waals surface area contributed by atoms with Crippen molar-refractivity contribution >= 4 is 12.1 Å². The van der Waals surface area contributed by atoms with E-state index in [2.05, 4.69) is 19.6 Å². The fraction of sp³-hybridized carbons (Fsp3) is 0.385. The lowest BCUT2D eigenvalue weighted by atomic mass is 10.1. The van der Waals surface area contributed by atoms with Crippen LogP contribution in [0, 0.1) is 13.8 Å². The summed E-state index contributed by atoms with van der Waals surface area (Å²) in [5.41, 5.74) is 1.97. The van der Waals surface area contributed by atoms with E-state index >= 15 is 0 Å². The molecule has 6 heteroatoms. The number of rotatable bonds is 5. The van der Waals surface area contributed by atoms with Crippen LogP contribution in [0.4, 0.5) is 4.79 Å². The van der Waals surface area contributed by atoms with Gasteiger partial charge in [-0.15, -0.1) is 0 Å². The van der Waals surface area contributed by atoms with Crippen molar-refractivity contribution in [2.75, 3.05) is 6.61 Å². The third-order valence-electron chi connectivity index (χ3n) is 2.25. The third kappa shape index (κ3) is 4.97. The van der Waals surface area contributed by atoms with Crippen molar-refractivity contribution < 1.29 is 29.1 Å². The van der Waals surface area contributed by atoms with Gasteiger partial charge in [-0.2, -0.15) is 0 Å². The zero-order valence-corrected chi connectivity index (χ0v) is 11.1. The zero-order valence-electron chi connectivity index (χ0n) is 11.1. The van der Waals surface area contributed by atoms with Gasteiger partial charge in [0.15, 0.2) is 0 Å². The fourth-order valence-electron chi connectivity index (χ4n) is 1.29. The number of aryl methyl sites for hydroxylation is 2. The Bertz CT molecular complexity index is 454. The van der Waals surface area contributed by atoms with Crippen molar-refractivity contribution in [2.24, 2.45) is 0 Å². The predicted octanol–water partition coefficient (Wildman–Crippen LogP) is 2.87. The maximum absolute atomic E-state index is 11.6. The second-order valence-corrected chi connectivity index (χ2v) is 3.94. The number of hydrogen-bond acceptors (Lipinski definition) is 6. The summed E-state index contributed by atoms with van der Waals surface area (Å²) < 4.78 is 4.54. The first kappa shape index (κ1) is 15.0. The highest BCUT2D eigenvalue weighted by Gasteiger charge is 2.14. The van der Waals surface area contributed by atoms with Gasteiger partial charge in [0, 0.05) is 0 Å². The molecule has 0 atom stereocenters. The highest BCUT2D eigenvalue weighted by Crippen LogP contribution is 2.12. The molecule has 0 aliphatic rings. The molecule has 0 saturated heterocycles. The summed E-state index contributed by atoms with van der Waals surface area (Å²) in [4.78, 5) is 31.0. The highest BCUT2D eigenvalue weighted by atomic mass is 17.5. The standard InChI is InChI=1S/C13H16O6/c1-4-7-16-13(15)18-19-17-12(14)11-8-9(2)5-6-10(11)3/h5-6,8H,4,7H2,1-3H3. The number of carbonyl (C=O) groups is 2. The molecule has 1 rings (SSSR count). The molecular weight excluding hydrogens is 252 g/mol. The normalized spacial score (nSPS) is 9.84. The number of benzene rings is 1. The average molecular weight is 268 g/mol. The molecule has 1 aromatic carbocycles.